The zero-order valence-electron chi connectivity index (χ0n) is 7.64. The quantitative estimate of drug-likeness (QED) is 0.805. The molecule has 0 saturated heterocycles. The van der Waals surface area contributed by atoms with Gasteiger partial charge < -0.3 is 5.11 Å². The molecule has 0 saturated carbocycles. The number of rotatable bonds is 2. The highest BCUT2D eigenvalue weighted by Crippen LogP contribution is 2.30. The van der Waals surface area contributed by atoms with Gasteiger partial charge in [0.05, 0.1) is 15.6 Å². The van der Waals surface area contributed by atoms with E-state index in [1.165, 1.54) is 0 Å². The predicted molar refractivity (Wildman–Crippen MR) is 56.3 cm³/mol. The summed E-state index contributed by atoms with van der Waals surface area (Å²) in [6.07, 6.45) is 0.644. The van der Waals surface area contributed by atoms with Crippen LogP contribution in [0.3, 0.4) is 0 Å². The van der Waals surface area contributed by atoms with Crippen LogP contribution in [0.15, 0.2) is 18.2 Å². The second kappa shape index (κ2) is 3.87. The van der Waals surface area contributed by atoms with Crippen LogP contribution in [0.5, 0.6) is 0 Å². The molecule has 0 radical (unpaired) electrons. The van der Waals surface area contributed by atoms with E-state index in [2.05, 4.69) is 0 Å². The standard InChI is InChI=1S/C10H12Cl2O/c1-3-10(2,13)7-4-5-8(11)9(12)6-7/h4-6,13H,3H2,1-2H3/t10-/m0/s1. The second-order valence-corrected chi connectivity index (χ2v) is 4.07. The average Bonchev–Trinajstić information content (AvgIpc) is 2.09. The fourth-order valence-corrected chi connectivity index (χ4v) is 1.33. The van der Waals surface area contributed by atoms with Crippen LogP contribution in [0.2, 0.25) is 10.0 Å². The van der Waals surface area contributed by atoms with E-state index in [9.17, 15) is 5.11 Å². The van der Waals surface area contributed by atoms with Crippen molar-refractivity contribution in [2.45, 2.75) is 25.9 Å². The molecule has 1 aromatic carbocycles. The van der Waals surface area contributed by atoms with Crippen LogP contribution in [0.25, 0.3) is 0 Å². The molecule has 1 atom stereocenters. The van der Waals surface area contributed by atoms with E-state index in [0.717, 1.165) is 5.56 Å². The first-order chi connectivity index (χ1) is 5.97. The van der Waals surface area contributed by atoms with Crippen molar-refractivity contribution in [1.82, 2.24) is 0 Å². The van der Waals surface area contributed by atoms with E-state index >= 15 is 0 Å². The minimum atomic E-state index is -0.825. The maximum Gasteiger partial charge on any atom is 0.0866 e. The zero-order chi connectivity index (χ0) is 10.1. The van der Waals surface area contributed by atoms with Crippen molar-refractivity contribution in [2.75, 3.05) is 0 Å². The van der Waals surface area contributed by atoms with E-state index < -0.39 is 5.60 Å². The van der Waals surface area contributed by atoms with Crippen LogP contribution in [-0.2, 0) is 5.60 Å². The second-order valence-electron chi connectivity index (χ2n) is 3.26. The fraction of sp³-hybridized carbons (Fsp3) is 0.400. The van der Waals surface area contributed by atoms with Crippen molar-refractivity contribution in [3.8, 4) is 0 Å². The van der Waals surface area contributed by atoms with E-state index in [1.807, 2.05) is 6.92 Å². The Balaban J connectivity index is 3.10. The number of hydrogen-bond acceptors (Lipinski definition) is 1. The van der Waals surface area contributed by atoms with Gasteiger partial charge in [0.2, 0.25) is 0 Å². The summed E-state index contributed by atoms with van der Waals surface area (Å²) >= 11 is 11.6. The minimum absolute atomic E-state index is 0.480. The highest BCUT2D eigenvalue weighted by Gasteiger charge is 2.20. The van der Waals surface area contributed by atoms with E-state index in [0.29, 0.717) is 16.5 Å². The van der Waals surface area contributed by atoms with Gasteiger partial charge in [0.1, 0.15) is 0 Å². The molecule has 1 nitrogen and oxygen atoms in total. The van der Waals surface area contributed by atoms with Crippen molar-refractivity contribution < 1.29 is 5.11 Å². The summed E-state index contributed by atoms with van der Waals surface area (Å²) in [6, 6.07) is 5.19. The average molecular weight is 219 g/mol. The van der Waals surface area contributed by atoms with Gasteiger partial charge in [0.25, 0.3) is 0 Å². The molecule has 0 amide bonds. The Kier molecular flexibility index (Phi) is 3.23. The number of benzene rings is 1. The lowest BCUT2D eigenvalue weighted by atomic mass is 9.94. The molecule has 1 aromatic rings. The zero-order valence-corrected chi connectivity index (χ0v) is 9.15. The van der Waals surface area contributed by atoms with Crippen molar-refractivity contribution in [2.24, 2.45) is 0 Å². The summed E-state index contributed by atoms with van der Waals surface area (Å²) in [5.41, 5.74) is -0.0294. The SMILES string of the molecule is CC[C@](C)(O)c1ccc(Cl)c(Cl)c1. The predicted octanol–water partition coefficient (Wildman–Crippen LogP) is 3.61. The van der Waals surface area contributed by atoms with Gasteiger partial charge in [-0.1, -0.05) is 36.2 Å². The van der Waals surface area contributed by atoms with Crippen molar-refractivity contribution >= 4 is 23.2 Å². The van der Waals surface area contributed by atoms with Gasteiger partial charge in [0.15, 0.2) is 0 Å². The Morgan fingerprint density at radius 1 is 1.31 bits per heavy atom. The summed E-state index contributed by atoms with van der Waals surface area (Å²) in [5, 5.41) is 10.9. The van der Waals surface area contributed by atoms with Gasteiger partial charge in [-0.3, -0.25) is 0 Å². The van der Waals surface area contributed by atoms with Crippen molar-refractivity contribution in [1.29, 1.82) is 0 Å². The van der Waals surface area contributed by atoms with E-state index in [4.69, 9.17) is 23.2 Å². The van der Waals surface area contributed by atoms with Gasteiger partial charge in [-0.25, -0.2) is 0 Å². The van der Waals surface area contributed by atoms with Crippen LogP contribution in [0, 0.1) is 0 Å². The molecule has 0 aromatic heterocycles. The van der Waals surface area contributed by atoms with Crippen LogP contribution < -0.4 is 0 Å². The summed E-state index contributed by atoms with van der Waals surface area (Å²) in [7, 11) is 0. The molecule has 1 rings (SSSR count). The van der Waals surface area contributed by atoms with Crippen molar-refractivity contribution in [3.63, 3.8) is 0 Å². The van der Waals surface area contributed by atoms with Crippen LogP contribution in [-0.4, -0.2) is 5.11 Å². The summed E-state index contributed by atoms with van der Waals surface area (Å²) in [6.45, 7) is 3.68. The third kappa shape index (κ3) is 2.37. The first-order valence-electron chi connectivity index (χ1n) is 4.15. The summed E-state index contributed by atoms with van der Waals surface area (Å²) in [5.74, 6) is 0. The number of halogens is 2. The van der Waals surface area contributed by atoms with E-state index in [1.54, 1.807) is 25.1 Å². The molecule has 72 valence electrons. The Hall–Kier alpha value is -0.240. The Bertz CT molecular complexity index is 308. The molecule has 1 N–H and O–H groups in total. The molecule has 0 spiro atoms. The molecule has 0 aliphatic heterocycles. The third-order valence-electron chi connectivity index (χ3n) is 2.23. The number of hydrogen-bond donors (Lipinski definition) is 1. The summed E-state index contributed by atoms with van der Waals surface area (Å²) in [4.78, 5) is 0. The molecular formula is C10H12Cl2O. The van der Waals surface area contributed by atoms with Gasteiger partial charge >= 0.3 is 0 Å². The number of aliphatic hydroxyl groups is 1. The van der Waals surface area contributed by atoms with Crippen molar-refractivity contribution in [3.05, 3.63) is 33.8 Å². The molecule has 0 aliphatic rings. The molecule has 13 heavy (non-hydrogen) atoms. The minimum Gasteiger partial charge on any atom is -0.385 e. The van der Waals surface area contributed by atoms with E-state index in [-0.39, 0.29) is 0 Å². The molecule has 0 fully saturated rings. The lowest BCUT2D eigenvalue weighted by Crippen LogP contribution is -2.19. The molecule has 0 bridgehead atoms. The van der Waals surface area contributed by atoms with Gasteiger partial charge in [-0.2, -0.15) is 0 Å². The maximum absolute atomic E-state index is 9.91. The van der Waals surface area contributed by atoms with Crippen LogP contribution in [0.1, 0.15) is 25.8 Å². The van der Waals surface area contributed by atoms with Crippen LogP contribution >= 0.6 is 23.2 Å². The highest BCUT2D eigenvalue weighted by atomic mass is 35.5. The fourth-order valence-electron chi connectivity index (χ4n) is 1.04. The Labute approximate surface area is 88.3 Å². The van der Waals surface area contributed by atoms with Gasteiger partial charge in [-0.15, -0.1) is 0 Å². The first-order valence-corrected chi connectivity index (χ1v) is 4.91. The molecular weight excluding hydrogens is 207 g/mol. The van der Waals surface area contributed by atoms with Crippen LogP contribution in [0.4, 0.5) is 0 Å². The Morgan fingerprint density at radius 3 is 2.38 bits per heavy atom. The highest BCUT2D eigenvalue weighted by molar-refractivity contribution is 6.42. The monoisotopic (exact) mass is 218 g/mol. The van der Waals surface area contributed by atoms with Gasteiger partial charge in [-0.05, 0) is 31.0 Å². The lowest BCUT2D eigenvalue weighted by Gasteiger charge is -2.22. The topological polar surface area (TPSA) is 20.2 Å². The summed E-state index contributed by atoms with van der Waals surface area (Å²) < 4.78 is 0. The van der Waals surface area contributed by atoms with Gasteiger partial charge in [0, 0.05) is 0 Å². The molecule has 0 unspecified atom stereocenters. The largest absolute Gasteiger partial charge is 0.385 e. The smallest absolute Gasteiger partial charge is 0.0866 e. The first kappa shape index (κ1) is 10.8. The Morgan fingerprint density at radius 2 is 1.92 bits per heavy atom. The molecule has 0 aliphatic carbocycles. The molecule has 3 heteroatoms. The normalized spacial score (nSPS) is 15.5. The molecule has 0 heterocycles. The maximum atomic E-state index is 9.91. The third-order valence-corrected chi connectivity index (χ3v) is 2.97. The lowest BCUT2D eigenvalue weighted by molar-refractivity contribution is 0.0531.